The highest BCUT2D eigenvalue weighted by molar-refractivity contribution is 7.85. The van der Waals surface area contributed by atoms with E-state index < -0.39 is 10.1 Å². The highest BCUT2D eigenvalue weighted by Crippen LogP contribution is 2.20. The van der Waals surface area contributed by atoms with E-state index in [9.17, 15) is 8.42 Å². The largest absolute Gasteiger partial charge is 0.396 e. The van der Waals surface area contributed by atoms with E-state index in [0.717, 1.165) is 50.9 Å². The number of benzene rings is 1. The first-order valence-corrected chi connectivity index (χ1v) is 21.2. The Bertz CT molecular complexity index is 1160. The highest BCUT2D eigenvalue weighted by Gasteiger charge is 2.08. The third-order valence-electron chi connectivity index (χ3n) is 9.38. The molecule has 0 unspecified atom stereocenters. The minimum Gasteiger partial charge on any atom is -0.396 e. The van der Waals surface area contributed by atoms with Crippen LogP contribution in [0.25, 0.3) is 12.2 Å². The number of hydrogen-bond donors (Lipinski definition) is 3. The standard InChI is InChI=1S/C41H68N2O5S/c44-36-20-15-11-7-3-1-5-9-13-17-32-43(33-18-14-10-6-2-4-8-12-16-21-37-45)41-27-25-39(26-28-41)23-24-40-29-34-42(35-30-40)31-19-22-38-49(46,47)48/h23-30,34-35,44-45H,1-22,31-33,36-38H2/p+1. The first kappa shape index (κ1) is 42.9. The molecule has 1 heterocycles. The maximum Gasteiger partial charge on any atom is 0.264 e. The van der Waals surface area contributed by atoms with E-state index >= 15 is 0 Å². The number of aryl methyl sites for hydroxylation is 1. The molecule has 0 amide bonds. The zero-order valence-corrected chi connectivity index (χ0v) is 31.3. The number of anilines is 1. The van der Waals surface area contributed by atoms with E-state index in [2.05, 4.69) is 53.5 Å². The van der Waals surface area contributed by atoms with Crippen molar-refractivity contribution >= 4 is 28.0 Å². The summed E-state index contributed by atoms with van der Waals surface area (Å²) >= 11 is 0. The smallest absolute Gasteiger partial charge is 0.264 e. The van der Waals surface area contributed by atoms with Gasteiger partial charge < -0.3 is 15.1 Å². The molecule has 1 aromatic carbocycles. The molecule has 0 radical (unpaired) electrons. The number of aromatic nitrogens is 1. The third kappa shape index (κ3) is 23.7. The van der Waals surface area contributed by atoms with E-state index in [-0.39, 0.29) is 5.75 Å². The quantitative estimate of drug-likeness (QED) is 0.0399. The van der Waals surface area contributed by atoms with E-state index in [4.69, 9.17) is 14.8 Å². The van der Waals surface area contributed by atoms with Gasteiger partial charge in [0.05, 0.1) is 5.75 Å². The maximum absolute atomic E-state index is 10.9. The number of rotatable bonds is 32. The van der Waals surface area contributed by atoms with Gasteiger partial charge >= 0.3 is 0 Å². The summed E-state index contributed by atoms with van der Waals surface area (Å²) in [5.41, 5.74) is 3.61. The number of unbranched alkanes of at least 4 members (excludes halogenated alkanes) is 19. The fourth-order valence-electron chi connectivity index (χ4n) is 6.32. The van der Waals surface area contributed by atoms with Gasteiger partial charge in [-0.1, -0.05) is 127 Å². The molecular formula is C41H69N2O5S+. The molecule has 0 aliphatic heterocycles. The van der Waals surface area contributed by atoms with E-state index in [1.165, 1.54) is 114 Å². The normalized spacial score (nSPS) is 11.9. The second-order valence-corrected chi connectivity index (χ2v) is 15.4. The summed E-state index contributed by atoms with van der Waals surface area (Å²) < 4.78 is 32.7. The van der Waals surface area contributed by atoms with Gasteiger partial charge in [-0.15, -0.1) is 0 Å². The molecule has 2 aromatic rings. The topological polar surface area (TPSA) is 102 Å². The summed E-state index contributed by atoms with van der Waals surface area (Å²) in [5.74, 6) is -0.187. The number of hydrogen-bond acceptors (Lipinski definition) is 5. The van der Waals surface area contributed by atoms with E-state index in [0.29, 0.717) is 26.1 Å². The Morgan fingerprint density at radius 1 is 0.510 bits per heavy atom. The van der Waals surface area contributed by atoms with Crippen LogP contribution >= 0.6 is 0 Å². The summed E-state index contributed by atoms with van der Waals surface area (Å²) in [6.45, 7) is 3.61. The van der Waals surface area contributed by atoms with Crippen LogP contribution in [0.4, 0.5) is 5.69 Å². The fourth-order valence-corrected chi connectivity index (χ4v) is 6.89. The predicted octanol–water partition coefficient (Wildman–Crippen LogP) is 9.41. The molecular weight excluding hydrogens is 633 g/mol. The van der Waals surface area contributed by atoms with Gasteiger partial charge in [0.15, 0.2) is 12.4 Å². The van der Waals surface area contributed by atoms with Crippen molar-refractivity contribution in [2.75, 3.05) is 37.0 Å². The minimum atomic E-state index is -3.88. The minimum absolute atomic E-state index is 0.187. The van der Waals surface area contributed by atoms with Crippen LogP contribution in [0, 0.1) is 0 Å². The lowest BCUT2D eigenvalue weighted by Gasteiger charge is -2.25. The van der Waals surface area contributed by atoms with Gasteiger partial charge in [0.2, 0.25) is 0 Å². The molecule has 0 aliphatic carbocycles. The van der Waals surface area contributed by atoms with Crippen LogP contribution in [0.15, 0.2) is 48.8 Å². The number of pyridine rings is 1. The average Bonchev–Trinajstić information content (AvgIpc) is 3.10. The zero-order chi connectivity index (χ0) is 35.3. The van der Waals surface area contributed by atoms with Gasteiger partial charge in [0, 0.05) is 50.5 Å². The van der Waals surface area contributed by atoms with Crippen LogP contribution < -0.4 is 9.47 Å². The molecule has 8 heteroatoms. The zero-order valence-electron chi connectivity index (χ0n) is 30.5. The van der Waals surface area contributed by atoms with Crippen LogP contribution in [0.2, 0.25) is 0 Å². The molecule has 0 atom stereocenters. The SMILES string of the molecule is O=S(=O)(O)CCCC[n+]1ccc(/C=C/c2ccc(N(CCCCCCCCCCCCO)CCCCCCCCCCCCO)cc2)cc1. The maximum atomic E-state index is 10.9. The third-order valence-corrected chi connectivity index (χ3v) is 10.2. The van der Waals surface area contributed by atoms with Crippen LogP contribution in [-0.2, 0) is 16.7 Å². The molecule has 0 spiro atoms. The highest BCUT2D eigenvalue weighted by atomic mass is 32.2. The molecule has 7 nitrogen and oxygen atoms in total. The summed E-state index contributed by atoms with van der Waals surface area (Å²) in [5, 5.41) is 17.8. The van der Waals surface area contributed by atoms with Gasteiger partial charge in [0.25, 0.3) is 10.1 Å². The van der Waals surface area contributed by atoms with Crippen molar-refractivity contribution in [1.29, 1.82) is 0 Å². The van der Waals surface area contributed by atoms with Crippen molar-refractivity contribution in [2.45, 2.75) is 148 Å². The number of aliphatic hydroxyl groups excluding tert-OH is 2. The Morgan fingerprint density at radius 2 is 0.898 bits per heavy atom. The molecule has 3 N–H and O–H groups in total. The lowest BCUT2D eigenvalue weighted by Crippen LogP contribution is -2.32. The Morgan fingerprint density at radius 3 is 1.31 bits per heavy atom. The molecule has 0 saturated heterocycles. The van der Waals surface area contributed by atoms with Crippen LogP contribution in [0.3, 0.4) is 0 Å². The van der Waals surface area contributed by atoms with Gasteiger partial charge in [-0.3, -0.25) is 4.55 Å². The molecule has 0 bridgehead atoms. The number of nitrogens with zero attached hydrogens (tertiary/aromatic N) is 2. The number of aliphatic hydroxyl groups is 2. The van der Waals surface area contributed by atoms with Crippen molar-refractivity contribution < 1.29 is 27.8 Å². The van der Waals surface area contributed by atoms with Crippen molar-refractivity contribution in [3.8, 4) is 0 Å². The molecule has 49 heavy (non-hydrogen) atoms. The van der Waals surface area contributed by atoms with E-state index in [1.807, 2.05) is 17.0 Å². The Balaban J connectivity index is 1.79. The molecule has 278 valence electrons. The van der Waals surface area contributed by atoms with Crippen LogP contribution in [0.1, 0.15) is 152 Å². The van der Waals surface area contributed by atoms with Crippen molar-refractivity contribution in [1.82, 2.24) is 0 Å². The summed E-state index contributed by atoms with van der Waals surface area (Å²) in [6.07, 6.45) is 34.5. The molecule has 2 rings (SSSR count). The second-order valence-electron chi connectivity index (χ2n) is 13.8. The second kappa shape index (κ2) is 28.4. The van der Waals surface area contributed by atoms with Crippen LogP contribution in [-0.4, -0.2) is 55.2 Å². The summed E-state index contributed by atoms with van der Waals surface area (Å²) in [6, 6.07) is 13.1. The molecule has 1 aromatic heterocycles. The van der Waals surface area contributed by atoms with Crippen molar-refractivity contribution in [3.63, 3.8) is 0 Å². The lowest BCUT2D eigenvalue weighted by molar-refractivity contribution is -0.697. The summed E-state index contributed by atoms with van der Waals surface area (Å²) in [7, 11) is -3.88. The van der Waals surface area contributed by atoms with Crippen molar-refractivity contribution in [3.05, 3.63) is 59.9 Å². The average molecular weight is 702 g/mol. The first-order chi connectivity index (χ1) is 23.9. The molecule has 0 aliphatic rings. The van der Waals surface area contributed by atoms with Crippen molar-refractivity contribution in [2.24, 2.45) is 0 Å². The molecule has 0 saturated carbocycles. The summed E-state index contributed by atoms with van der Waals surface area (Å²) in [4.78, 5) is 2.60. The van der Waals surface area contributed by atoms with Gasteiger partial charge in [-0.25, -0.2) is 4.57 Å². The molecule has 0 fully saturated rings. The van der Waals surface area contributed by atoms with Crippen LogP contribution in [0.5, 0.6) is 0 Å². The fraction of sp³-hybridized carbons (Fsp3) is 0.683. The van der Waals surface area contributed by atoms with Gasteiger partial charge in [-0.2, -0.15) is 8.42 Å². The van der Waals surface area contributed by atoms with E-state index in [1.54, 1.807) is 0 Å². The van der Waals surface area contributed by atoms with Gasteiger partial charge in [-0.05, 0) is 55.4 Å². The first-order valence-electron chi connectivity index (χ1n) is 19.6. The lowest BCUT2D eigenvalue weighted by atomic mass is 10.1. The predicted molar refractivity (Wildman–Crippen MR) is 206 cm³/mol. The monoisotopic (exact) mass is 701 g/mol. The Labute approximate surface area is 299 Å². The van der Waals surface area contributed by atoms with Gasteiger partial charge in [0.1, 0.15) is 6.54 Å². The Kier molecular flexibility index (Phi) is 24.9. The Hall–Kier alpha value is -2.26.